The largest absolute Gasteiger partial charge is 0.370 e. The number of unbranched alkanes of at least 4 members (excludes halogenated alkanes) is 10. The van der Waals surface area contributed by atoms with Crippen molar-refractivity contribution in [1.29, 1.82) is 0 Å². The minimum atomic E-state index is -1.60. The molecule has 0 saturated carbocycles. The normalized spacial score (nSPS) is 11.7. The fraction of sp³-hybridized carbons (Fsp3) is 0.944. The Balaban J connectivity index is 0. The summed E-state index contributed by atoms with van der Waals surface area (Å²) >= 11 is 0. The van der Waals surface area contributed by atoms with E-state index in [9.17, 15) is 9.70 Å². The van der Waals surface area contributed by atoms with Gasteiger partial charge in [-0.2, -0.15) is 4.91 Å². The second-order valence-electron chi connectivity index (χ2n) is 6.25. The summed E-state index contributed by atoms with van der Waals surface area (Å²) in [6, 6.07) is -0.866. The first-order valence-corrected chi connectivity index (χ1v) is 9.46. The van der Waals surface area contributed by atoms with E-state index in [-0.39, 0.29) is 5.91 Å². The average molecular weight is 347 g/mol. The van der Waals surface area contributed by atoms with Gasteiger partial charge in [0.2, 0.25) is 5.91 Å². The lowest BCUT2D eigenvalue weighted by molar-refractivity contribution is -0.118. The van der Waals surface area contributed by atoms with Gasteiger partial charge in [-0.3, -0.25) is 4.79 Å². The third-order valence-corrected chi connectivity index (χ3v) is 3.92. The van der Waals surface area contributed by atoms with Crippen molar-refractivity contribution >= 4 is 5.91 Å². The van der Waals surface area contributed by atoms with E-state index in [4.69, 9.17) is 15.9 Å². The van der Waals surface area contributed by atoms with Crippen LogP contribution >= 0.6 is 0 Å². The molecule has 0 aliphatic carbocycles. The van der Waals surface area contributed by atoms with Gasteiger partial charge in [0.1, 0.15) is 6.04 Å². The van der Waals surface area contributed by atoms with Crippen molar-refractivity contribution in [2.24, 2.45) is 10.9 Å². The lowest BCUT2D eigenvalue weighted by atomic mass is 10.1. The summed E-state index contributed by atoms with van der Waals surface area (Å²) < 4.78 is 0. The maximum Gasteiger partial charge on any atom is 0.217 e. The Morgan fingerprint density at radius 2 is 1.29 bits per heavy atom. The van der Waals surface area contributed by atoms with E-state index < -0.39 is 12.3 Å². The molecule has 0 rings (SSSR count). The highest BCUT2D eigenvalue weighted by atomic mass is 16.5. The first kappa shape index (κ1) is 25.2. The number of aliphatic hydroxyl groups is 2. The minimum absolute atomic E-state index is 0.157. The molecule has 6 nitrogen and oxygen atoms in total. The van der Waals surface area contributed by atoms with Crippen LogP contribution in [-0.2, 0) is 4.79 Å². The third kappa shape index (κ3) is 21.0. The molecule has 6 heteroatoms. The van der Waals surface area contributed by atoms with Crippen molar-refractivity contribution in [1.82, 2.24) is 0 Å². The molecule has 4 N–H and O–H groups in total. The van der Waals surface area contributed by atoms with Gasteiger partial charge in [-0.1, -0.05) is 83.2 Å². The molecule has 1 atom stereocenters. The molecule has 0 aromatic heterocycles. The van der Waals surface area contributed by atoms with E-state index in [1.807, 2.05) is 0 Å². The Labute approximate surface area is 147 Å². The summed E-state index contributed by atoms with van der Waals surface area (Å²) in [7, 11) is 0. The van der Waals surface area contributed by atoms with Gasteiger partial charge in [0, 0.05) is 6.42 Å². The average Bonchev–Trinajstić information content (AvgIpc) is 2.54. The first-order valence-electron chi connectivity index (χ1n) is 9.46. The molecular weight excluding hydrogens is 308 g/mol. The van der Waals surface area contributed by atoms with Gasteiger partial charge in [-0.05, 0) is 12.8 Å². The molecule has 24 heavy (non-hydrogen) atoms. The number of hydrogen-bond donors (Lipinski definition) is 3. The fourth-order valence-corrected chi connectivity index (χ4v) is 2.30. The predicted octanol–water partition coefficient (Wildman–Crippen LogP) is 4.01. The molecular formula is C18H38N2O4. The van der Waals surface area contributed by atoms with Gasteiger partial charge in [-0.15, -0.1) is 0 Å². The number of nitrogens with two attached hydrogens (primary N) is 1. The predicted molar refractivity (Wildman–Crippen MR) is 98.4 cm³/mol. The van der Waals surface area contributed by atoms with E-state index >= 15 is 0 Å². The van der Waals surface area contributed by atoms with Crippen LogP contribution in [0.4, 0.5) is 0 Å². The monoisotopic (exact) mass is 346 g/mol. The molecule has 0 aliphatic heterocycles. The van der Waals surface area contributed by atoms with Gasteiger partial charge < -0.3 is 15.9 Å². The molecule has 0 heterocycles. The number of nitrogens with zero attached hydrogens (tertiary/aromatic N) is 1. The van der Waals surface area contributed by atoms with Crippen molar-refractivity contribution in [3.8, 4) is 0 Å². The van der Waals surface area contributed by atoms with Crippen LogP contribution in [-0.4, -0.2) is 28.5 Å². The molecule has 144 valence electrons. The first-order chi connectivity index (χ1) is 11.5. The number of amides is 1. The van der Waals surface area contributed by atoms with Crippen molar-refractivity contribution in [3.63, 3.8) is 0 Å². The number of primary amides is 1. The Bertz CT molecular complexity index is 286. The Kier molecular flexibility index (Phi) is 21.1. The van der Waals surface area contributed by atoms with Crippen LogP contribution in [0.3, 0.4) is 0 Å². The molecule has 0 fully saturated rings. The third-order valence-electron chi connectivity index (χ3n) is 3.92. The van der Waals surface area contributed by atoms with Gasteiger partial charge in [0.15, 0.2) is 6.29 Å². The number of aliphatic hydroxyl groups excluding tert-OH is 1. The van der Waals surface area contributed by atoms with Crippen molar-refractivity contribution < 1.29 is 15.0 Å². The molecule has 0 radical (unpaired) electrons. The van der Waals surface area contributed by atoms with Crippen molar-refractivity contribution in [2.45, 2.75) is 110 Å². The fourth-order valence-electron chi connectivity index (χ4n) is 2.30. The maximum absolute atomic E-state index is 10.5. The van der Waals surface area contributed by atoms with Crippen LogP contribution in [0, 0.1) is 4.91 Å². The Morgan fingerprint density at radius 1 is 0.875 bits per heavy atom. The summed E-state index contributed by atoms with van der Waals surface area (Å²) in [5, 5.41) is 19.0. The highest BCUT2D eigenvalue weighted by molar-refractivity contribution is 5.73. The summed E-state index contributed by atoms with van der Waals surface area (Å²) in [5.74, 6) is -0.157. The maximum atomic E-state index is 10.5. The van der Waals surface area contributed by atoms with Crippen LogP contribution in [0.2, 0.25) is 0 Å². The summed E-state index contributed by atoms with van der Waals surface area (Å²) in [6.07, 6.45) is 13.8. The van der Waals surface area contributed by atoms with Crippen molar-refractivity contribution in [3.05, 3.63) is 4.91 Å². The zero-order valence-electron chi connectivity index (χ0n) is 15.6. The minimum Gasteiger partial charge on any atom is -0.370 e. The standard InChI is InChI=1S/C14H29NO.C4H9NO3/c1-2-3-4-5-6-7-8-9-10-11-12-13-14(15)16;1-2-3(5-8)4(6)7/h2-13H2,1H3,(H2,15,16);3-4,6-7H,2H2,1H3. The summed E-state index contributed by atoms with van der Waals surface area (Å²) in [4.78, 5) is 20.1. The molecule has 0 aromatic carbocycles. The molecule has 0 aliphatic rings. The van der Waals surface area contributed by atoms with E-state index in [1.54, 1.807) is 6.92 Å². The zero-order chi connectivity index (χ0) is 18.6. The molecule has 0 aromatic rings. The molecule has 1 amide bonds. The number of carbonyl (C=O) groups excluding carboxylic acids is 1. The van der Waals surface area contributed by atoms with Crippen LogP contribution < -0.4 is 5.73 Å². The van der Waals surface area contributed by atoms with Crippen LogP contribution in [0.5, 0.6) is 0 Å². The molecule has 0 saturated heterocycles. The number of nitroso groups, excluding NO2 is 1. The highest BCUT2D eigenvalue weighted by Crippen LogP contribution is 2.11. The summed E-state index contributed by atoms with van der Waals surface area (Å²) in [5.41, 5.74) is 5.07. The van der Waals surface area contributed by atoms with Crippen molar-refractivity contribution in [2.75, 3.05) is 0 Å². The van der Waals surface area contributed by atoms with E-state index in [0.29, 0.717) is 12.8 Å². The second kappa shape index (κ2) is 20.0. The zero-order valence-corrected chi connectivity index (χ0v) is 15.6. The smallest absolute Gasteiger partial charge is 0.217 e. The Hall–Kier alpha value is -1.01. The number of carbonyl (C=O) groups is 1. The Morgan fingerprint density at radius 3 is 1.54 bits per heavy atom. The van der Waals surface area contributed by atoms with Gasteiger partial charge in [-0.25, -0.2) is 0 Å². The van der Waals surface area contributed by atoms with Gasteiger partial charge in [0.25, 0.3) is 0 Å². The van der Waals surface area contributed by atoms with E-state index in [1.165, 1.54) is 64.2 Å². The highest BCUT2D eigenvalue weighted by Gasteiger charge is 2.12. The van der Waals surface area contributed by atoms with Gasteiger partial charge in [0.05, 0.1) is 0 Å². The number of rotatable bonds is 15. The summed E-state index contributed by atoms with van der Waals surface area (Å²) in [6.45, 7) is 3.91. The second-order valence-corrected chi connectivity index (χ2v) is 6.25. The van der Waals surface area contributed by atoms with Crippen LogP contribution in [0.1, 0.15) is 97.3 Å². The van der Waals surface area contributed by atoms with E-state index in [2.05, 4.69) is 12.1 Å². The quantitative estimate of drug-likeness (QED) is 0.236. The molecule has 0 bridgehead atoms. The van der Waals surface area contributed by atoms with Crippen LogP contribution in [0.15, 0.2) is 5.18 Å². The molecule has 1 unspecified atom stereocenters. The SMILES string of the molecule is CCC(N=O)C(O)O.CCCCCCCCCCCCCC(N)=O. The van der Waals surface area contributed by atoms with E-state index in [0.717, 1.165) is 6.42 Å². The topological polar surface area (TPSA) is 113 Å². The van der Waals surface area contributed by atoms with Crippen LogP contribution in [0.25, 0.3) is 0 Å². The lowest BCUT2D eigenvalue weighted by Gasteiger charge is -2.05. The number of hydrogen-bond acceptors (Lipinski definition) is 5. The van der Waals surface area contributed by atoms with Gasteiger partial charge >= 0.3 is 0 Å². The molecule has 0 spiro atoms. The lowest BCUT2D eigenvalue weighted by Crippen LogP contribution is -2.21.